The van der Waals surface area contributed by atoms with Gasteiger partial charge in [0.1, 0.15) is 11.6 Å². The number of halogens is 2. The van der Waals surface area contributed by atoms with Gasteiger partial charge in [0, 0.05) is 19.9 Å². The summed E-state index contributed by atoms with van der Waals surface area (Å²) in [5.41, 5.74) is 2.58. The van der Waals surface area contributed by atoms with Crippen LogP contribution in [-0.4, -0.2) is 13.0 Å². The van der Waals surface area contributed by atoms with Gasteiger partial charge < -0.3 is 10.6 Å². The van der Waals surface area contributed by atoms with E-state index in [-0.39, 0.29) is 5.57 Å². The molecule has 0 atom stereocenters. The highest BCUT2D eigenvalue weighted by molar-refractivity contribution is 14.1. The van der Waals surface area contributed by atoms with Gasteiger partial charge in [0.25, 0.3) is 5.91 Å². The Bertz CT molecular complexity index is 772. The van der Waals surface area contributed by atoms with E-state index in [9.17, 15) is 10.1 Å². The van der Waals surface area contributed by atoms with Crippen LogP contribution in [0.1, 0.15) is 5.56 Å². The third-order valence-corrected chi connectivity index (χ3v) is 4.72. The van der Waals surface area contributed by atoms with Crippen LogP contribution >= 0.6 is 45.2 Å². The van der Waals surface area contributed by atoms with Crippen molar-refractivity contribution in [1.29, 1.82) is 5.26 Å². The number of nitrogens with zero attached hydrogens (tertiary/aromatic N) is 1. The van der Waals surface area contributed by atoms with Crippen LogP contribution in [0.15, 0.2) is 48.0 Å². The Balaban J connectivity index is 2.29. The number of carbonyl (C=O) groups is 1. The highest BCUT2D eigenvalue weighted by Crippen LogP contribution is 2.27. The molecule has 0 heterocycles. The number of nitrogens with one attached hydrogen (secondary N) is 2. The van der Waals surface area contributed by atoms with Crippen molar-refractivity contribution in [2.24, 2.45) is 0 Å². The van der Waals surface area contributed by atoms with Gasteiger partial charge in [0.05, 0.1) is 5.69 Å². The summed E-state index contributed by atoms with van der Waals surface area (Å²) in [4.78, 5) is 12.2. The summed E-state index contributed by atoms with van der Waals surface area (Å²) in [5, 5.41) is 15.1. The molecule has 0 aliphatic rings. The van der Waals surface area contributed by atoms with E-state index >= 15 is 0 Å². The molecule has 0 aromatic heterocycles. The van der Waals surface area contributed by atoms with E-state index in [1.807, 2.05) is 43.4 Å². The summed E-state index contributed by atoms with van der Waals surface area (Å²) >= 11 is 4.45. The minimum atomic E-state index is -0.415. The molecule has 0 saturated heterocycles. The van der Waals surface area contributed by atoms with E-state index in [2.05, 4.69) is 55.8 Å². The summed E-state index contributed by atoms with van der Waals surface area (Å²) in [6, 6.07) is 14.9. The smallest absolute Gasteiger partial charge is 0.266 e. The molecule has 23 heavy (non-hydrogen) atoms. The van der Waals surface area contributed by atoms with Gasteiger partial charge in [-0.2, -0.15) is 5.26 Å². The molecule has 2 aromatic carbocycles. The lowest BCUT2D eigenvalue weighted by Gasteiger charge is -2.08. The zero-order valence-corrected chi connectivity index (χ0v) is 16.5. The van der Waals surface area contributed by atoms with Crippen LogP contribution in [0.2, 0.25) is 0 Å². The van der Waals surface area contributed by atoms with Crippen molar-refractivity contribution in [3.63, 3.8) is 0 Å². The number of hydrogen-bond donors (Lipinski definition) is 2. The number of amides is 1. The van der Waals surface area contributed by atoms with Gasteiger partial charge in [0.2, 0.25) is 0 Å². The van der Waals surface area contributed by atoms with E-state index in [4.69, 9.17) is 0 Å². The van der Waals surface area contributed by atoms with Crippen LogP contribution in [0.5, 0.6) is 0 Å². The molecule has 116 valence electrons. The molecule has 0 fully saturated rings. The molecular formula is C17H13I2N3O. The molecule has 2 rings (SSSR count). The van der Waals surface area contributed by atoms with Crippen molar-refractivity contribution in [3.05, 3.63) is 60.7 Å². The monoisotopic (exact) mass is 529 g/mol. The topological polar surface area (TPSA) is 64.9 Å². The van der Waals surface area contributed by atoms with Gasteiger partial charge in [-0.05, 0) is 81.1 Å². The van der Waals surface area contributed by atoms with Crippen LogP contribution in [0.25, 0.3) is 6.08 Å². The number of anilines is 2. The van der Waals surface area contributed by atoms with Crippen molar-refractivity contribution in [3.8, 4) is 6.07 Å². The van der Waals surface area contributed by atoms with Gasteiger partial charge in [-0.3, -0.25) is 4.79 Å². The first-order valence-electron chi connectivity index (χ1n) is 6.70. The second kappa shape index (κ2) is 8.31. The zero-order valence-electron chi connectivity index (χ0n) is 12.2. The van der Waals surface area contributed by atoms with Crippen LogP contribution in [-0.2, 0) is 4.79 Å². The standard InChI is InChI=1S/C17H13I2N3O/c1-21-16-14(18)8-11(9-15(16)19)7-12(10-20)17(23)22-13-5-3-2-4-6-13/h2-9,21H,1H3,(H,22,23)/b12-7+. The maximum Gasteiger partial charge on any atom is 0.266 e. The lowest BCUT2D eigenvalue weighted by molar-refractivity contribution is -0.112. The average molecular weight is 529 g/mol. The van der Waals surface area contributed by atoms with E-state index in [1.54, 1.807) is 18.2 Å². The fourth-order valence-electron chi connectivity index (χ4n) is 1.95. The fraction of sp³-hybridized carbons (Fsp3) is 0.0588. The van der Waals surface area contributed by atoms with Crippen LogP contribution in [0, 0.1) is 18.5 Å². The van der Waals surface area contributed by atoms with Crippen LogP contribution < -0.4 is 10.6 Å². The molecule has 0 unspecified atom stereocenters. The molecule has 0 aliphatic heterocycles. The van der Waals surface area contributed by atoms with Crippen molar-refractivity contribution < 1.29 is 4.79 Å². The summed E-state index contributed by atoms with van der Waals surface area (Å²) in [7, 11) is 1.86. The SMILES string of the molecule is CNc1c(I)cc(/C=C(\C#N)C(=O)Nc2ccccc2)cc1I. The number of rotatable bonds is 4. The Hall–Kier alpha value is -1.60. The predicted molar refractivity (Wildman–Crippen MR) is 110 cm³/mol. The van der Waals surface area contributed by atoms with Gasteiger partial charge in [-0.15, -0.1) is 0 Å². The fourth-order valence-corrected chi connectivity index (χ4v) is 4.31. The molecular weight excluding hydrogens is 516 g/mol. The molecule has 0 bridgehead atoms. The molecule has 0 aliphatic carbocycles. The Kier molecular flexibility index (Phi) is 6.41. The summed E-state index contributed by atoms with van der Waals surface area (Å²) in [6.45, 7) is 0. The molecule has 1 amide bonds. The van der Waals surface area contributed by atoms with Crippen LogP contribution in [0.3, 0.4) is 0 Å². The molecule has 4 nitrogen and oxygen atoms in total. The largest absolute Gasteiger partial charge is 0.386 e. The second-order valence-corrected chi connectivity index (χ2v) is 6.92. The lowest BCUT2D eigenvalue weighted by atomic mass is 10.1. The molecule has 2 aromatic rings. The summed E-state index contributed by atoms with van der Waals surface area (Å²) in [6.07, 6.45) is 1.60. The second-order valence-electron chi connectivity index (χ2n) is 4.60. The predicted octanol–water partition coefficient (Wildman–Crippen LogP) is 4.48. The number of carbonyl (C=O) groups excluding carboxylic acids is 1. The van der Waals surface area contributed by atoms with Crippen LogP contribution in [0.4, 0.5) is 11.4 Å². The van der Waals surface area contributed by atoms with Gasteiger partial charge in [-0.1, -0.05) is 18.2 Å². The van der Waals surface area contributed by atoms with Crippen molar-refractivity contribution in [2.75, 3.05) is 17.7 Å². The maximum atomic E-state index is 12.2. The number of nitriles is 1. The number of para-hydroxylation sites is 1. The van der Waals surface area contributed by atoms with Crippen molar-refractivity contribution >= 4 is 68.5 Å². The van der Waals surface area contributed by atoms with Gasteiger partial charge in [0.15, 0.2) is 0 Å². The number of benzene rings is 2. The summed E-state index contributed by atoms with van der Waals surface area (Å²) in [5.74, 6) is -0.415. The Morgan fingerprint density at radius 1 is 1.17 bits per heavy atom. The third kappa shape index (κ3) is 4.68. The lowest BCUT2D eigenvalue weighted by Crippen LogP contribution is -2.13. The highest BCUT2D eigenvalue weighted by Gasteiger charge is 2.11. The molecule has 6 heteroatoms. The third-order valence-electron chi connectivity index (χ3n) is 3.02. The summed E-state index contributed by atoms with van der Waals surface area (Å²) < 4.78 is 2.06. The minimum Gasteiger partial charge on any atom is -0.386 e. The zero-order chi connectivity index (χ0) is 16.8. The molecule has 0 spiro atoms. The van der Waals surface area contributed by atoms with E-state index in [0.717, 1.165) is 18.4 Å². The quantitative estimate of drug-likeness (QED) is 0.349. The number of hydrogen-bond acceptors (Lipinski definition) is 3. The Morgan fingerprint density at radius 3 is 2.30 bits per heavy atom. The normalized spacial score (nSPS) is 10.8. The van der Waals surface area contributed by atoms with Crippen molar-refractivity contribution in [1.82, 2.24) is 0 Å². The van der Waals surface area contributed by atoms with E-state index in [1.165, 1.54) is 0 Å². The van der Waals surface area contributed by atoms with Crippen molar-refractivity contribution in [2.45, 2.75) is 0 Å². The first-order valence-corrected chi connectivity index (χ1v) is 8.86. The highest BCUT2D eigenvalue weighted by atomic mass is 127. The molecule has 2 N–H and O–H groups in total. The Morgan fingerprint density at radius 2 is 1.78 bits per heavy atom. The van der Waals surface area contributed by atoms with E-state index in [0.29, 0.717) is 5.69 Å². The average Bonchev–Trinajstić information content (AvgIpc) is 2.53. The maximum absolute atomic E-state index is 12.2. The first kappa shape index (κ1) is 17.7. The molecule has 0 saturated carbocycles. The first-order chi connectivity index (χ1) is 11.0. The Labute approximate surface area is 162 Å². The van der Waals surface area contributed by atoms with Gasteiger partial charge >= 0.3 is 0 Å². The minimum absolute atomic E-state index is 0.0673. The molecule has 0 radical (unpaired) electrons. The van der Waals surface area contributed by atoms with E-state index < -0.39 is 5.91 Å². The van der Waals surface area contributed by atoms with Gasteiger partial charge in [-0.25, -0.2) is 0 Å².